The van der Waals surface area contributed by atoms with Gasteiger partial charge < -0.3 is 0 Å². The summed E-state index contributed by atoms with van der Waals surface area (Å²) in [6.45, 7) is 3.74. The van der Waals surface area contributed by atoms with Crippen molar-refractivity contribution in [2.45, 2.75) is 39.5 Å². The van der Waals surface area contributed by atoms with Crippen LogP contribution in [0.2, 0.25) is 0 Å². The maximum absolute atomic E-state index is 10.5. The van der Waals surface area contributed by atoms with Crippen LogP contribution in [0.3, 0.4) is 0 Å². The second kappa shape index (κ2) is 8.25. The van der Waals surface area contributed by atoms with E-state index in [0.717, 1.165) is 19.3 Å². The molecule has 0 saturated carbocycles. The highest BCUT2D eigenvalue weighted by molar-refractivity contribution is 5.87. The van der Waals surface area contributed by atoms with Crippen molar-refractivity contribution < 1.29 is 4.79 Å². The summed E-state index contributed by atoms with van der Waals surface area (Å²) in [5.74, 6) is 0.132. The average molecular weight is 166 g/mol. The maximum atomic E-state index is 10.5. The number of carbonyl (C=O) groups excluding carboxylic acids is 1. The molecule has 0 radical (unpaired) electrons. The van der Waals surface area contributed by atoms with Crippen molar-refractivity contribution in [1.29, 1.82) is 0 Å². The number of ketones is 1. The minimum absolute atomic E-state index is 0.132. The largest absolute Gasteiger partial charge is 0.295 e. The van der Waals surface area contributed by atoms with Gasteiger partial charge in [0.2, 0.25) is 0 Å². The van der Waals surface area contributed by atoms with Crippen LogP contribution >= 0.6 is 0 Å². The van der Waals surface area contributed by atoms with Crippen molar-refractivity contribution in [3.8, 4) is 0 Å². The van der Waals surface area contributed by atoms with Crippen LogP contribution in [0.25, 0.3) is 0 Å². The fourth-order valence-corrected chi connectivity index (χ4v) is 0.844. The lowest BCUT2D eigenvalue weighted by Gasteiger charge is -1.86. The van der Waals surface area contributed by atoms with E-state index in [0.29, 0.717) is 0 Å². The van der Waals surface area contributed by atoms with E-state index in [1.54, 1.807) is 13.0 Å². The highest BCUT2D eigenvalue weighted by atomic mass is 16.1. The molecule has 12 heavy (non-hydrogen) atoms. The van der Waals surface area contributed by atoms with Gasteiger partial charge in [-0.2, -0.15) is 0 Å². The first kappa shape index (κ1) is 11.2. The van der Waals surface area contributed by atoms with Gasteiger partial charge in [0, 0.05) is 0 Å². The van der Waals surface area contributed by atoms with E-state index in [-0.39, 0.29) is 5.78 Å². The van der Waals surface area contributed by atoms with Gasteiger partial charge in [-0.3, -0.25) is 4.79 Å². The van der Waals surface area contributed by atoms with Gasteiger partial charge in [-0.25, -0.2) is 0 Å². The van der Waals surface area contributed by atoms with E-state index in [1.807, 2.05) is 6.08 Å². The Hall–Kier alpha value is -0.850. The third-order valence-electron chi connectivity index (χ3n) is 1.47. The smallest absolute Gasteiger partial charge is 0.152 e. The monoisotopic (exact) mass is 166 g/mol. The van der Waals surface area contributed by atoms with Gasteiger partial charge >= 0.3 is 0 Å². The van der Waals surface area contributed by atoms with Gasteiger partial charge in [0.25, 0.3) is 0 Å². The third kappa shape index (κ3) is 9.15. The van der Waals surface area contributed by atoms with Crippen LogP contribution in [0.5, 0.6) is 0 Å². The number of hydrogen-bond donors (Lipinski definition) is 0. The first-order chi connectivity index (χ1) is 5.77. The second-order valence-electron chi connectivity index (χ2n) is 2.85. The number of unbranched alkanes of at least 4 members (excludes halogenated alkanes) is 2. The zero-order valence-corrected chi connectivity index (χ0v) is 8.05. The average Bonchev–Trinajstić information content (AvgIpc) is 2.02. The molecule has 0 aromatic heterocycles. The van der Waals surface area contributed by atoms with Crippen molar-refractivity contribution in [2.24, 2.45) is 0 Å². The highest BCUT2D eigenvalue weighted by Crippen LogP contribution is 1.96. The van der Waals surface area contributed by atoms with Crippen LogP contribution in [0.15, 0.2) is 24.3 Å². The van der Waals surface area contributed by atoms with E-state index in [4.69, 9.17) is 0 Å². The summed E-state index contributed by atoms with van der Waals surface area (Å²) in [6, 6.07) is 0. The molecule has 0 aliphatic carbocycles. The Morgan fingerprint density at radius 1 is 1.08 bits per heavy atom. The molecule has 0 spiro atoms. The number of carbonyl (C=O) groups is 1. The predicted octanol–water partition coefficient (Wildman–Crippen LogP) is 3.27. The summed E-state index contributed by atoms with van der Waals surface area (Å²) in [5, 5.41) is 0. The summed E-state index contributed by atoms with van der Waals surface area (Å²) in [6.07, 6.45) is 12.3. The van der Waals surface area contributed by atoms with Crippen molar-refractivity contribution in [2.75, 3.05) is 0 Å². The summed E-state index contributed by atoms with van der Waals surface area (Å²) in [4.78, 5) is 10.5. The Bertz CT molecular complexity index is 166. The first-order valence-electron chi connectivity index (χ1n) is 4.59. The molecule has 1 nitrogen and oxygen atoms in total. The topological polar surface area (TPSA) is 17.1 Å². The molecule has 0 fully saturated rings. The lowest BCUT2D eigenvalue weighted by atomic mass is 10.2. The van der Waals surface area contributed by atoms with Crippen LogP contribution in [-0.2, 0) is 4.79 Å². The fraction of sp³-hybridized carbons (Fsp3) is 0.545. The summed E-state index contributed by atoms with van der Waals surface area (Å²) in [5.41, 5.74) is 0. The number of allylic oxidation sites excluding steroid dienone is 4. The van der Waals surface area contributed by atoms with Crippen LogP contribution in [0.4, 0.5) is 0 Å². The Kier molecular flexibility index (Phi) is 7.66. The standard InChI is InChI=1S/C11H18O/c1-3-4-5-6-7-8-9-10-11(2)12/h5-6,9-10H,3-4,7-8H2,1-2H3/b6-5+,10-9+. The second-order valence-corrected chi connectivity index (χ2v) is 2.85. The molecule has 0 atom stereocenters. The molecule has 0 unspecified atom stereocenters. The molecule has 0 aromatic carbocycles. The van der Waals surface area contributed by atoms with Crippen molar-refractivity contribution >= 4 is 5.78 Å². The molecule has 0 aliphatic heterocycles. The molecule has 68 valence electrons. The van der Waals surface area contributed by atoms with Gasteiger partial charge in [0.05, 0.1) is 0 Å². The van der Waals surface area contributed by atoms with E-state index in [2.05, 4.69) is 19.1 Å². The Balaban J connectivity index is 3.26. The van der Waals surface area contributed by atoms with E-state index < -0.39 is 0 Å². The minimum atomic E-state index is 0.132. The quantitative estimate of drug-likeness (QED) is 0.336. The SMILES string of the molecule is CCC/C=C/CC/C=C/C(C)=O. The van der Waals surface area contributed by atoms with E-state index >= 15 is 0 Å². The maximum Gasteiger partial charge on any atom is 0.152 e. The molecule has 1 heteroatoms. The summed E-state index contributed by atoms with van der Waals surface area (Å²) >= 11 is 0. The fourth-order valence-electron chi connectivity index (χ4n) is 0.844. The minimum Gasteiger partial charge on any atom is -0.295 e. The molecule has 0 rings (SSSR count). The molecule has 0 heterocycles. The molecule has 0 bridgehead atoms. The van der Waals surface area contributed by atoms with Crippen molar-refractivity contribution in [3.05, 3.63) is 24.3 Å². The lowest BCUT2D eigenvalue weighted by molar-refractivity contribution is -0.112. The van der Waals surface area contributed by atoms with E-state index in [9.17, 15) is 4.79 Å². The summed E-state index contributed by atoms with van der Waals surface area (Å²) < 4.78 is 0. The molecule has 0 aliphatic rings. The van der Waals surface area contributed by atoms with Crippen LogP contribution in [0, 0.1) is 0 Å². The van der Waals surface area contributed by atoms with Gasteiger partial charge in [0.1, 0.15) is 0 Å². The van der Waals surface area contributed by atoms with Crippen LogP contribution in [0.1, 0.15) is 39.5 Å². The molecular weight excluding hydrogens is 148 g/mol. The lowest BCUT2D eigenvalue weighted by Crippen LogP contribution is -1.78. The van der Waals surface area contributed by atoms with Crippen LogP contribution in [-0.4, -0.2) is 5.78 Å². The zero-order chi connectivity index (χ0) is 9.23. The molecule has 0 aromatic rings. The van der Waals surface area contributed by atoms with Gasteiger partial charge in [-0.05, 0) is 32.3 Å². The summed E-state index contributed by atoms with van der Waals surface area (Å²) in [7, 11) is 0. The van der Waals surface area contributed by atoms with Crippen LogP contribution < -0.4 is 0 Å². The van der Waals surface area contributed by atoms with Gasteiger partial charge in [-0.15, -0.1) is 0 Å². The molecule has 0 amide bonds. The number of rotatable bonds is 6. The van der Waals surface area contributed by atoms with Crippen molar-refractivity contribution in [3.63, 3.8) is 0 Å². The Morgan fingerprint density at radius 2 is 1.67 bits per heavy atom. The predicted molar refractivity (Wildman–Crippen MR) is 53.1 cm³/mol. The Morgan fingerprint density at radius 3 is 2.25 bits per heavy atom. The molecular formula is C11H18O. The van der Waals surface area contributed by atoms with Gasteiger partial charge in [0.15, 0.2) is 5.78 Å². The van der Waals surface area contributed by atoms with Crippen molar-refractivity contribution in [1.82, 2.24) is 0 Å². The number of hydrogen-bond acceptors (Lipinski definition) is 1. The zero-order valence-electron chi connectivity index (χ0n) is 8.05. The van der Waals surface area contributed by atoms with Gasteiger partial charge in [-0.1, -0.05) is 31.6 Å². The highest BCUT2D eigenvalue weighted by Gasteiger charge is 1.80. The molecule has 0 saturated heterocycles. The van der Waals surface area contributed by atoms with E-state index in [1.165, 1.54) is 6.42 Å². The first-order valence-corrected chi connectivity index (χ1v) is 4.59. The Labute approximate surface area is 75.2 Å². The normalized spacial score (nSPS) is 11.5. The molecule has 0 N–H and O–H groups in total. The third-order valence-corrected chi connectivity index (χ3v) is 1.47.